The molecule has 0 aliphatic carbocycles. The highest BCUT2D eigenvalue weighted by Crippen LogP contribution is 2.30. The zero-order valence-electron chi connectivity index (χ0n) is 22.0. The van der Waals surface area contributed by atoms with Crippen molar-refractivity contribution in [1.29, 1.82) is 0 Å². The number of ether oxygens (including phenoxy) is 3. The first-order valence-electron chi connectivity index (χ1n) is 12.6. The van der Waals surface area contributed by atoms with E-state index in [9.17, 15) is 14.4 Å². The molecule has 4 N–H and O–H groups in total. The van der Waals surface area contributed by atoms with Gasteiger partial charge in [-0.25, -0.2) is 10.3 Å². The van der Waals surface area contributed by atoms with E-state index in [2.05, 4.69) is 5.32 Å². The Labute approximate surface area is 232 Å². The molecule has 0 radical (unpaired) electrons. The summed E-state index contributed by atoms with van der Waals surface area (Å²) in [5, 5.41) is 20.4. The van der Waals surface area contributed by atoms with Crippen LogP contribution >= 0.6 is 0 Å². The van der Waals surface area contributed by atoms with Crippen LogP contribution < -0.4 is 20.3 Å². The summed E-state index contributed by atoms with van der Waals surface area (Å²) in [5.41, 5.74) is 3.12. The number of anilines is 1. The van der Waals surface area contributed by atoms with Crippen molar-refractivity contribution < 1.29 is 38.9 Å². The summed E-state index contributed by atoms with van der Waals surface area (Å²) in [5.74, 6) is 0.334. The highest BCUT2D eigenvalue weighted by atomic mass is 16.6. The first kappa shape index (κ1) is 29.9. The predicted molar refractivity (Wildman–Crippen MR) is 147 cm³/mol. The van der Waals surface area contributed by atoms with E-state index in [4.69, 9.17) is 24.5 Å². The number of hydrogen-bond donors (Lipinski definition) is 4. The third kappa shape index (κ3) is 9.57. The molecule has 0 spiro atoms. The molecular weight excluding hydrogens is 516 g/mol. The number of allylic oxidation sites excluding steroid dienone is 1. The predicted octanol–water partition coefficient (Wildman–Crippen LogP) is 4.84. The number of Topliss-reactive ketones (excluding diaryl/α,β-unsaturated/α-hetero) is 1. The van der Waals surface area contributed by atoms with Gasteiger partial charge in [-0.05, 0) is 73.9 Å². The third-order valence-electron chi connectivity index (χ3n) is 5.71. The minimum atomic E-state index is -0.886. The Morgan fingerprint density at radius 2 is 1.62 bits per heavy atom. The molecule has 0 aromatic heterocycles. The van der Waals surface area contributed by atoms with Crippen LogP contribution in [-0.2, 0) is 9.53 Å². The molecule has 10 heteroatoms. The van der Waals surface area contributed by atoms with Gasteiger partial charge in [-0.3, -0.25) is 20.1 Å². The van der Waals surface area contributed by atoms with Gasteiger partial charge in [0.1, 0.15) is 24.2 Å². The lowest BCUT2D eigenvalue weighted by Crippen LogP contribution is -2.31. The molecule has 3 rings (SSSR count). The number of hydrogen-bond acceptors (Lipinski definition) is 8. The second-order valence-corrected chi connectivity index (χ2v) is 8.65. The first-order chi connectivity index (χ1) is 19.4. The second kappa shape index (κ2) is 15.7. The summed E-state index contributed by atoms with van der Waals surface area (Å²) in [6.07, 6.45) is 1.18. The minimum Gasteiger partial charge on any atom is -0.491 e. The van der Waals surface area contributed by atoms with E-state index in [0.717, 1.165) is 0 Å². The van der Waals surface area contributed by atoms with E-state index in [0.29, 0.717) is 41.2 Å². The van der Waals surface area contributed by atoms with Crippen LogP contribution in [0.15, 0.2) is 91.0 Å². The van der Waals surface area contributed by atoms with Crippen molar-refractivity contribution >= 4 is 23.5 Å². The lowest BCUT2D eigenvalue weighted by atomic mass is 10.00. The highest BCUT2D eigenvalue weighted by Gasteiger charge is 2.29. The van der Waals surface area contributed by atoms with Gasteiger partial charge < -0.3 is 19.3 Å². The lowest BCUT2D eigenvalue weighted by molar-refractivity contribution is -0.124. The highest BCUT2D eigenvalue weighted by molar-refractivity contribution is 5.95. The monoisotopic (exact) mass is 548 g/mol. The summed E-state index contributed by atoms with van der Waals surface area (Å²) in [6.45, 7) is 1.47. The smallest absolute Gasteiger partial charge is 0.412 e. The van der Waals surface area contributed by atoms with Gasteiger partial charge in [0.25, 0.3) is 5.91 Å². The average molecular weight is 549 g/mol. The Morgan fingerprint density at radius 3 is 2.25 bits per heavy atom. The largest absolute Gasteiger partial charge is 0.491 e. The van der Waals surface area contributed by atoms with E-state index < -0.39 is 24.2 Å². The van der Waals surface area contributed by atoms with Crippen molar-refractivity contribution in [3.63, 3.8) is 0 Å². The van der Waals surface area contributed by atoms with Crippen molar-refractivity contribution in [1.82, 2.24) is 5.48 Å². The number of amides is 2. The van der Waals surface area contributed by atoms with Crippen LogP contribution in [0.3, 0.4) is 0 Å². The standard InChI is InChI=1S/C30H32N2O8/c1-21(34)22-11-15-24(16-12-22)31-30(36)40-29(23-13-17-25(18-14-23)38-20-19-33)27(9-5-6-10-28(35)32-37)39-26-7-3-2-4-8-26/h2-4,6-8,10-18,27,29,33,37H,5,9,19-20H2,1H3,(H,31,36)(H,32,35)/b10-6+/t27-,29-/m1/s1. The molecule has 0 aliphatic heterocycles. The number of aliphatic hydroxyl groups excluding tert-OH is 1. The molecule has 0 aliphatic rings. The van der Waals surface area contributed by atoms with Gasteiger partial charge in [0.05, 0.1) is 6.61 Å². The Hall–Kier alpha value is -4.67. The molecule has 0 heterocycles. The fraction of sp³-hybridized carbons (Fsp3) is 0.233. The van der Waals surface area contributed by atoms with Crippen LogP contribution in [0.2, 0.25) is 0 Å². The van der Waals surface area contributed by atoms with E-state index in [1.54, 1.807) is 66.7 Å². The van der Waals surface area contributed by atoms with Gasteiger partial charge in [0, 0.05) is 17.3 Å². The Morgan fingerprint density at radius 1 is 0.925 bits per heavy atom. The normalized spacial score (nSPS) is 12.3. The maximum absolute atomic E-state index is 13.0. The van der Waals surface area contributed by atoms with Gasteiger partial charge in [0.2, 0.25) is 0 Å². The summed E-state index contributed by atoms with van der Waals surface area (Å²) < 4.78 is 17.6. The second-order valence-electron chi connectivity index (χ2n) is 8.65. The number of rotatable bonds is 14. The van der Waals surface area contributed by atoms with E-state index in [1.807, 2.05) is 18.2 Å². The number of carbonyl (C=O) groups excluding carboxylic acids is 3. The van der Waals surface area contributed by atoms with E-state index in [-0.39, 0.29) is 19.0 Å². The van der Waals surface area contributed by atoms with Gasteiger partial charge in [-0.2, -0.15) is 0 Å². The molecule has 0 bridgehead atoms. The quantitative estimate of drug-likeness (QED) is 0.0970. The Kier molecular flexibility index (Phi) is 11.7. The Bertz CT molecular complexity index is 1260. The molecule has 3 aromatic rings. The number of aliphatic hydroxyl groups is 1. The SMILES string of the molecule is CC(=O)c1ccc(NC(=O)O[C@H](c2ccc(OCCO)cc2)[C@@H](CC/C=C/C(=O)NO)Oc2ccccc2)cc1. The molecule has 0 saturated heterocycles. The maximum atomic E-state index is 13.0. The molecule has 0 saturated carbocycles. The summed E-state index contributed by atoms with van der Waals surface area (Å²) in [6, 6.07) is 22.3. The van der Waals surface area contributed by atoms with Crippen LogP contribution in [-0.4, -0.2) is 47.4 Å². The molecule has 10 nitrogen and oxygen atoms in total. The van der Waals surface area contributed by atoms with Gasteiger partial charge >= 0.3 is 6.09 Å². The number of nitrogens with one attached hydrogen (secondary N) is 2. The minimum absolute atomic E-state index is 0.0907. The molecule has 3 aromatic carbocycles. The van der Waals surface area contributed by atoms with Crippen LogP contribution in [0.4, 0.5) is 10.5 Å². The molecule has 0 unspecified atom stereocenters. The summed E-state index contributed by atoms with van der Waals surface area (Å²) in [7, 11) is 0. The van der Waals surface area contributed by atoms with Crippen molar-refractivity contribution in [2.45, 2.75) is 32.0 Å². The van der Waals surface area contributed by atoms with Crippen molar-refractivity contribution in [2.75, 3.05) is 18.5 Å². The van der Waals surface area contributed by atoms with Gasteiger partial charge in [0.15, 0.2) is 11.9 Å². The number of ketones is 1. The maximum Gasteiger partial charge on any atom is 0.412 e. The van der Waals surface area contributed by atoms with Crippen LogP contribution in [0, 0.1) is 0 Å². The fourth-order valence-corrected chi connectivity index (χ4v) is 3.76. The third-order valence-corrected chi connectivity index (χ3v) is 5.71. The zero-order chi connectivity index (χ0) is 28.7. The van der Waals surface area contributed by atoms with Gasteiger partial charge in [-0.15, -0.1) is 0 Å². The topological polar surface area (TPSA) is 143 Å². The average Bonchev–Trinajstić information content (AvgIpc) is 2.97. The van der Waals surface area contributed by atoms with Crippen molar-refractivity contribution in [3.8, 4) is 11.5 Å². The summed E-state index contributed by atoms with van der Waals surface area (Å²) in [4.78, 5) is 36.0. The zero-order valence-corrected chi connectivity index (χ0v) is 22.0. The van der Waals surface area contributed by atoms with E-state index in [1.165, 1.54) is 18.5 Å². The first-order valence-corrected chi connectivity index (χ1v) is 12.6. The van der Waals surface area contributed by atoms with Gasteiger partial charge in [-0.1, -0.05) is 36.4 Å². The molecule has 0 fully saturated rings. The number of carbonyl (C=O) groups is 3. The van der Waals surface area contributed by atoms with Crippen molar-refractivity contribution in [3.05, 3.63) is 102 Å². The molecule has 40 heavy (non-hydrogen) atoms. The van der Waals surface area contributed by atoms with Crippen LogP contribution in [0.5, 0.6) is 11.5 Å². The molecule has 2 amide bonds. The summed E-state index contributed by atoms with van der Waals surface area (Å²) >= 11 is 0. The lowest BCUT2D eigenvalue weighted by Gasteiger charge is -2.28. The molecular formula is C30H32N2O8. The fourth-order valence-electron chi connectivity index (χ4n) is 3.76. The van der Waals surface area contributed by atoms with E-state index >= 15 is 0 Å². The number of benzene rings is 3. The van der Waals surface area contributed by atoms with Crippen LogP contribution in [0.25, 0.3) is 0 Å². The Balaban J connectivity index is 1.87. The molecule has 210 valence electrons. The van der Waals surface area contributed by atoms with Crippen LogP contribution in [0.1, 0.15) is 41.8 Å². The molecule has 2 atom stereocenters. The van der Waals surface area contributed by atoms with Crippen molar-refractivity contribution in [2.24, 2.45) is 0 Å². The number of hydroxylamine groups is 1. The number of para-hydroxylation sites is 1.